The third-order valence-electron chi connectivity index (χ3n) is 2.20. The lowest BCUT2D eigenvalue weighted by Gasteiger charge is -1.98. The van der Waals surface area contributed by atoms with Gasteiger partial charge in [0.25, 0.3) is 0 Å². The molecule has 2 rings (SSSR count). The second-order valence-corrected chi connectivity index (χ2v) is 3.76. The molecule has 3 nitrogen and oxygen atoms in total. The zero-order valence-electron chi connectivity index (χ0n) is 8.76. The fourth-order valence-corrected chi connectivity index (χ4v) is 1.52. The zero-order chi connectivity index (χ0) is 12.3. The van der Waals surface area contributed by atoms with E-state index in [1.807, 2.05) is 18.2 Å². The van der Waals surface area contributed by atoms with E-state index in [2.05, 4.69) is 0 Å². The normalized spacial score (nSPS) is 10.9. The van der Waals surface area contributed by atoms with Crippen molar-refractivity contribution in [1.29, 1.82) is 0 Å². The van der Waals surface area contributed by atoms with Gasteiger partial charge >= 0.3 is 0 Å². The summed E-state index contributed by atoms with van der Waals surface area (Å²) >= 11 is 5.96. The van der Waals surface area contributed by atoms with Gasteiger partial charge in [0.15, 0.2) is 5.76 Å². The first kappa shape index (κ1) is 11.5. The molecule has 0 radical (unpaired) electrons. The van der Waals surface area contributed by atoms with E-state index in [9.17, 15) is 9.90 Å². The minimum atomic E-state index is -0.477. The zero-order valence-corrected chi connectivity index (χ0v) is 9.52. The molecule has 0 amide bonds. The number of aromatic hydroxyl groups is 1. The average molecular weight is 249 g/mol. The molecule has 0 fully saturated rings. The standard InChI is InChI=1S/C13H9ClO3/c14-10-4-2-1-3-9(10)5-6-12-13(16)11(15)7-8-17-12/h1-8,16H/b6-5+. The Morgan fingerprint density at radius 3 is 2.71 bits per heavy atom. The third kappa shape index (κ3) is 2.57. The molecule has 86 valence electrons. The maximum absolute atomic E-state index is 11.1. The van der Waals surface area contributed by atoms with E-state index in [1.165, 1.54) is 12.3 Å². The van der Waals surface area contributed by atoms with Crippen molar-refractivity contribution in [3.05, 3.63) is 63.2 Å². The summed E-state index contributed by atoms with van der Waals surface area (Å²) < 4.78 is 5.02. The molecule has 0 unspecified atom stereocenters. The fraction of sp³-hybridized carbons (Fsp3) is 0. The first-order valence-corrected chi connectivity index (χ1v) is 5.29. The van der Waals surface area contributed by atoms with Crippen LogP contribution < -0.4 is 5.43 Å². The van der Waals surface area contributed by atoms with E-state index in [0.717, 1.165) is 11.6 Å². The summed E-state index contributed by atoms with van der Waals surface area (Å²) in [6.45, 7) is 0. The smallest absolute Gasteiger partial charge is 0.227 e. The van der Waals surface area contributed by atoms with Gasteiger partial charge in [-0.3, -0.25) is 4.79 Å². The van der Waals surface area contributed by atoms with Gasteiger partial charge in [-0.15, -0.1) is 0 Å². The molecule has 0 aliphatic carbocycles. The van der Waals surface area contributed by atoms with Crippen molar-refractivity contribution in [2.45, 2.75) is 0 Å². The molecule has 0 aliphatic rings. The molecule has 1 heterocycles. The molecule has 0 saturated carbocycles. The molecule has 0 saturated heterocycles. The van der Waals surface area contributed by atoms with Gasteiger partial charge in [0.05, 0.1) is 6.26 Å². The lowest BCUT2D eigenvalue weighted by molar-refractivity contribution is 0.424. The molecule has 0 aliphatic heterocycles. The van der Waals surface area contributed by atoms with Crippen molar-refractivity contribution in [2.75, 3.05) is 0 Å². The van der Waals surface area contributed by atoms with Crippen LogP contribution in [0.15, 0.2) is 45.8 Å². The van der Waals surface area contributed by atoms with Crippen molar-refractivity contribution in [3.8, 4) is 5.75 Å². The number of benzene rings is 1. The topological polar surface area (TPSA) is 50.4 Å². The fourth-order valence-electron chi connectivity index (χ4n) is 1.32. The summed E-state index contributed by atoms with van der Waals surface area (Å²) in [5.41, 5.74) is 0.301. The molecule has 0 spiro atoms. The number of hydrogen-bond donors (Lipinski definition) is 1. The van der Waals surface area contributed by atoms with E-state index in [0.29, 0.717) is 5.02 Å². The largest absolute Gasteiger partial charge is 0.502 e. The Labute approximate surface area is 103 Å². The highest BCUT2D eigenvalue weighted by atomic mass is 35.5. The summed E-state index contributed by atoms with van der Waals surface area (Å²) in [4.78, 5) is 11.1. The van der Waals surface area contributed by atoms with Gasteiger partial charge in [-0.05, 0) is 23.8 Å². The molecule has 17 heavy (non-hydrogen) atoms. The Morgan fingerprint density at radius 1 is 1.18 bits per heavy atom. The van der Waals surface area contributed by atoms with E-state index in [-0.39, 0.29) is 5.76 Å². The van der Waals surface area contributed by atoms with Gasteiger partial charge in [-0.25, -0.2) is 0 Å². The molecular weight excluding hydrogens is 240 g/mol. The molecular formula is C13H9ClO3. The van der Waals surface area contributed by atoms with E-state index < -0.39 is 11.2 Å². The summed E-state index contributed by atoms with van der Waals surface area (Å²) in [6.07, 6.45) is 4.40. The van der Waals surface area contributed by atoms with Crippen LogP contribution in [0.4, 0.5) is 0 Å². The van der Waals surface area contributed by atoms with Crippen LogP contribution in [-0.4, -0.2) is 5.11 Å². The average Bonchev–Trinajstić information content (AvgIpc) is 2.33. The lowest BCUT2D eigenvalue weighted by atomic mass is 10.2. The quantitative estimate of drug-likeness (QED) is 0.888. The van der Waals surface area contributed by atoms with Gasteiger partial charge < -0.3 is 9.52 Å². The lowest BCUT2D eigenvalue weighted by Crippen LogP contribution is -1.97. The second kappa shape index (κ2) is 4.89. The van der Waals surface area contributed by atoms with E-state index in [4.69, 9.17) is 16.0 Å². The summed E-state index contributed by atoms with van der Waals surface area (Å²) in [5, 5.41) is 10.0. The predicted octanol–water partition coefficient (Wildman–Crippen LogP) is 3.17. The Balaban J connectivity index is 2.36. The minimum Gasteiger partial charge on any atom is -0.502 e. The van der Waals surface area contributed by atoms with Gasteiger partial charge in [-0.1, -0.05) is 29.8 Å². The number of halogens is 1. The summed E-state index contributed by atoms with van der Waals surface area (Å²) in [7, 11) is 0. The summed E-state index contributed by atoms with van der Waals surface area (Å²) in [6, 6.07) is 8.38. The van der Waals surface area contributed by atoms with Gasteiger partial charge in [0.2, 0.25) is 11.2 Å². The maximum Gasteiger partial charge on any atom is 0.227 e. The molecule has 1 N–H and O–H groups in total. The van der Waals surface area contributed by atoms with Crippen LogP contribution in [0.1, 0.15) is 11.3 Å². The van der Waals surface area contributed by atoms with Gasteiger partial charge in [0.1, 0.15) is 0 Å². The first-order valence-electron chi connectivity index (χ1n) is 4.92. The molecule has 1 aromatic carbocycles. The van der Waals surface area contributed by atoms with Crippen molar-refractivity contribution in [2.24, 2.45) is 0 Å². The molecule has 4 heteroatoms. The van der Waals surface area contributed by atoms with Gasteiger partial charge in [-0.2, -0.15) is 0 Å². The Bertz CT molecular complexity index is 614. The number of rotatable bonds is 2. The van der Waals surface area contributed by atoms with Crippen LogP contribution in [0.5, 0.6) is 5.75 Å². The maximum atomic E-state index is 11.1. The summed E-state index contributed by atoms with van der Waals surface area (Å²) in [5.74, 6) is -0.298. The highest BCUT2D eigenvalue weighted by Crippen LogP contribution is 2.19. The molecule has 0 bridgehead atoms. The Hall–Kier alpha value is -2.00. The molecule has 0 atom stereocenters. The van der Waals surface area contributed by atoms with Crippen LogP contribution in [0.3, 0.4) is 0 Å². The van der Waals surface area contributed by atoms with Crippen molar-refractivity contribution in [1.82, 2.24) is 0 Å². The van der Waals surface area contributed by atoms with Crippen LogP contribution >= 0.6 is 11.6 Å². The van der Waals surface area contributed by atoms with E-state index >= 15 is 0 Å². The highest BCUT2D eigenvalue weighted by molar-refractivity contribution is 6.32. The highest BCUT2D eigenvalue weighted by Gasteiger charge is 2.03. The van der Waals surface area contributed by atoms with Crippen LogP contribution in [-0.2, 0) is 0 Å². The Morgan fingerprint density at radius 2 is 1.94 bits per heavy atom. The number of hydrogen-bond acceptors (Lipinski definition) is 3. The van der Waals surface area contributed by atoms with Crippen molar-refractivity contribution < 1.29 is 9.52 Å². The minimum absolute atomic E-state index is 0.109. The SMILES string of the molecule is O=c1ccoc(/C=C/c2ccccc2Cl)c1O. The van der Waals surface area contributed by atoms with Crippen molar-refractivity contribution >= 4 is 23.8 Å². The Kier molecular flexibility index (Phi) is 3.30. The van der Waals surface area contributed by atoms with Crippen LogP contribution in [0.2, 0.25) is 5.02 Å². The second-order valence-electron chi connectivity index (χ2n) is 3.35. The van der Waals surface area contributed by atoms with Gasteiger partial charge in [0, 0.05) is 11.1 Å². The molecule has 2 aromatic rings. The first-order chi connectivity index (χ1) is 8.18. The van der Waals surface area contributed by atoms with Crippen molar-refractivity contribution in [3.63, 3.8) is 0 Å². The van der Waals surface area contributed by atoms with E-state index in [1.54, 1.807) is 12.1 Å². The van der Waals surface area contributed by atoms with Crippen LogP contribution in [0.25, 0.3) is 12.2 Å². The molecule has 1 aromatic heterocycles. The predicted molar refractivity (Wildman–Crippen MR) is 67.0 cm³/mol. The van der Waals surface area contributed by atoms with Crippen LogP contribution in [0, 0.1) is 0 Å². The third-order valence-corrected chi connectivity index (χ3v) is 2.54. The monoisotopic (exact) mass is 248 g/mol.